The number of rotatable bonds is 49. The molecule has 11 nitrogen and oxygen atoms in total. The molecule has 3 atom stereocenters. The highest BCUT2D eigenvalue weighted by molar-refractivity contribution is 7.47. The molecule has 72 heavy (non-hydrogen) atoms. The van der Waals surface area contributed by atoms with Crippen molar-refractivity contribution in [3.8, 4) is 0 Å². The maximum atomic E-state index is 12.9. The predicted molar refractivity (Wildman–Crippen MR) is 297 cm³/mol. The number of esters is 3. The van der Waals surface area contributed by atoms with E-state index in [1.807, 2.05) is 30.4 Å². The Kier molecular flexibility index (Phi) is 50.1. The molecule has 0 saturated carbocycles. The minimum atomic E-state index is -4.79. The van der Waals surface area contributed by atoms with Crippen molar-refractivity contribution in [2.24, 2.45) is 0 Å². The summed E-state index contributed by atoms with van der Waals surface area (Å²) in [5.74, 6) is -1.67. The van der Waals surface area contributed by atoms with E-state index in [1.165, 1.54) is 57.8 Å². The fourth-order valence-electron chi connectivity index (χ4n) is 6.77. The minimum Gasteiger partial charge on any atom is -0.462 e. The van der Waals surface area contributed by atoms with Gasteiger partial charge in [-0.3, -0.25) is 23.4 Å². The van der Waals surface area contributed by atoms with Crippen LogP contribution in [0.25, 0.3) is 0 Å². The summed E-state index contributed by atoms with van der Waals surface area (Å²) in [5, 5.41) is 9.77. The highest BCUT2D eigenvalue weighted by atomic mass is 31.2. The van der Waals surface area contributed by atoms with Gasteiger partial charge in [0.05, 0.1) is 19.8 Å². The van der Waals surface area contributed by atoms with Gasteiger partial charge in [0.1, 0.15) is 12.7 Å². The molecular formula is C60H97O11P. The Bertz CT molecular complexity index is 1670. The number of carbonyl (C=O) groups is 3. The van der Waals surface area contributed by atoms with Crippen LogP contribution in [0.3, 0.4) is 0 Å². The van der Waals surface area contributed by atoms with Gasteiger partial charge < -0.3 is 24.2 Å². The average molecular weight is 1030 g/mol. The lowest BCUT2D eigenvalue weighted by Crippen LogP contribution is -2.30. The van der Waals surface area contributed by atoms with E-state index >= 15 is 0 Å². The zero-order valence-corrected chi connectivity index (χ0v) is 45.7. The average Bonchev–Trinajstić information content (AvgIpc) is 3.37. The van der Waals surface area contributed by atoms with Crippen molar-refractivity contribution in [1.82, 2.24) is 0 Å². The van der Waals surface area contributed by atoms with Crippen LogP contribution in [0.5, 0.6) is 0 Å². The topological polar surface area (TPSA) is 155 Å². The molecule has 408 valence electrons. The first kappa shape index (κ1) is 67.9. The van der Waals surface area contributed by atoms with E-state index < -0.39 is 57.8 Å². The monoisotopic (exact) mass is 1020 g/mol. The van der Waals surface area contributed by atoms with Crippen LogP contribution in [-0.2, 0) is 42.2 Å². The van der Waals surface area contributed by atoms with Crippen LogP contribution in [0, 0.1) is 0 Å². The molecule has 0 aromatic heterocycles. The Morgan fingerprint density at radius 3 is 1.17 bits per heavy atom. The van der Waals surface area contributed by atoms with Gasteiger partial charge in [-0.2, -0.15) is 0 Å². The minimum absolute atomic E-state index is 0.0342. The highest BCUT2D eigenvalue weighted by Crippen LogP contribution is 2.43. The second-order valence-corrected chi connectivity index (χ2v) is 19.1. The van der Waals surface area contributed by atoms with Crippen molar-refractivity contribution in [1.29, 1.82) is 0 Å². The fourth-order valence-corrected chi connectivity index (χ4v) is 7.55. The smallest absolute Gasteiger partial charge is 0.462 e. The van der Waals surface area contributed by atoms with Crippen LogP contribution in [0.4, 0.5) is 0 Å². The van der Waals surface area contributed by atoms with Crippen molar-refractivity contribution in [3.05, 3.63) is 122 Å². The summed E-state index contributed by atoms with van der Waals surface area (Å²) in [6.45, 7) is 4.19. The van der Waals surface area contributed by atoms with Crippen LogP contribution in [0.2, 0.25) is 0 Å². The molecule has 0 radical (unpaired) electrons. The van der Waals surface area contributed by atoms with Gasteiger partial charge in [-0.15, -0.1) is 0 Å². The van der Waals surface area contributed by atoms with Gasteiger partial charge in [0.2, 0.25) is 0 Å². The van der Waals surface area contributed by atoms with E-state index in [1.54, 1.807) is 0 Å². The van der Waals surface area contributed by atoms with Crippen molar-refractivity contribution < 1.29 is 52.2 Å². The summed E-state index contributed by atoms with van der Waals surface area (Å²) in [4.78, 5) is 48.3. The number of ether oxygens (including phenoxy) is 3. The van der Waals surface area contributed by atoms with E-state index in [0.717, 1.165) is 83.5 Å². The first-order chi connectivity index (χ1) is 35.2. The number of carbonyl (C=O) groups excluding carboxylic acids is 3. The Hall–Kier alpha value is -4.12. The molecule has 0 fully saturated rings. The van der Waals surface area contributed by atoms with Gasteiger partial charge >= 0.3 is 25.7 Å². The van der Waals surface area contributed by atoms with Crippen LogP contribution >= 0.6 is 7.82 Å². The Morgan fingerprint density at radius 2 is 0.750 bits per heavy atom. The van der Waals surface area contributed by atoms with E-state index in [4.69, 9.17) is 23.3 Å². The SMILES string of the molecule is CC/C=C\C/C=C\C/C=C\C/C=C\CCC(=O)OC(CO)COP(=O)(O)OCC(COC(=O)CCCCCCCCCCC/C=C\C/C=C\CCCCC)OC(=O)CC/C=C\C/C=C\C/C=C\C/C=C\CC. The number of hydrogen-bond donors (Lipinski definition) is 2. The lowest BCUT2D eigenvalue weighted by atomic mass is 10.1. The predicted octanol–water partition coefficient (Wildman–Crippen LogP) is 16.0. The maximum absolute atomic E-state index is 12.9. The van der Waals surface area contributed by atoms with Crippen LogP contribution in [-0.4, -0.2) is 66.5 Å². The van der Waals surface area contributed by atoms with E-state index in [9.17, 15) is 28.9 Å². The highest BCUT2D eigenvalue weighted by Gasteiger charge is 2.28. The summed E-state index contributed by atoms with van der Waals surface area (Å²) >= 11 is 0. The van der Waals surface area contributed by atoms with E-state index in [2.05, 4.69) is 112 Å². The van der Waals surface area contributed by atoms with Gasteiger partial charge in [0, 0.05) is 19.3 Å². The fraction of sp³-hybridized carbons (Fsp3) is 0.617. The molecule has 0 saturated heterocycles. The number of phosphoric ester groups is 1. The first-order valence-electron chi connectivity index (χ1n) is 27.4. The van der Waals surface area contributed by atoms with E-state index in [-0.39, 0.29) is 25.9 Å². The Labute approximate surface area is 437 Å². The third kappa shape index (κ3) is 50.8. The molecule has 0 bridgehead atoms. The van der Waals surface area contributed by atoms with Gasteiger partial charge in [-0.25, -0.2) is 4.57 Å². The second kappa shape index (κ2) is 53.2. The molecule has 0 aromatic carbocycles. The number of unbranched alkanes of at least 4 members (excludes halogenated alkanes) is 12. The summed E-state index contributed by atoms with van der Waals surface area (Å²) in [7, 11) is -4.79. The lowest BCUT2D eigenvalue weighted by Gasteiger charge is -2.21. The third-order valence-corrected chi connectivity index (χ3v) is 11.8. The quantitative estimate of drug-likeness (QED) is 0.0197. The molecule has 3 unspecified atom stereocenters. The van der Waals surface area contributed by atoms with Crippen molar-refractivity contribution in [2.45, 2.75) is 213 Å². The summed E-state index contributed by atoms with van der Waals surface area (Å²) in [6, 6.07) is 0. The largest absolute Gasteiger partial charge is 0.472 e. The molecule has 12 heteroatoms. The second-order valence-electron chi connectivity index (χ2n) is 17.6. The lowest BCUT2D eigenvalue weighted by molar-refractivity contribution is -0.161. The van der Waals surface area contributed by atoms with E-state index in [0.29, 0.717) is 19.3 Å². The molecule has 0 aliphatic heterocycles. The maximum Gasteiger partial charge on any atom is 0.472 e. The van der Waals surface area contributed by atoms with Crippen molar-refractivity contribution in [3.63, 3.8) is 0 Å². The molecule has 0 heterocycles. The molecule has 2 N–H and O–H groups in total. The zero-order valence-electron chi connectivity index (χ0n) is 44.8. The first-order valence-corrected chi connectivity index (χ1v) is 28.9. The van der Waals surface area contributed by atoms with Gasteiger partial charge in [-0.1, -0.05) is 200 Å². The normalized spacial score (nSPS) is 14.3. The molecule has 0 rings (SSSR count). The van der Waals surface area contributed by atoms with Gasteiger partial charge in [-0.05, 0) is 103 Å². The number of aliphatic hydroxyl groups is 1. The molecule has 0 aromatic rings. The van der Waals surface area contributed by atoms with Gasteiger partial charge in [0.15, 0.2) is 6.10 Å². The summed E-state index contributed by atoms with van der Waals surface area (Å²) < 4.78 is 39.2. The Morgan fingerprint density at radius 1 is 0.403 bits per heavy atom. The van der Waals surface area contributed by atoms with Crippen LogP contribution in [0.1, 0.15) is 201 Å². The Balaban J connectivity index is 4.84. The van der Waals surface area contributed by atoms with Crippen LogP contribution < -0.4 is 0 Å². The molecule has 0 aliphatic rings. The zero-order chi connectivity index (χ0) is 52.7. The molecule has 0 spiro atoms. The van der Waals surface area contributed by atoms with Gasteiger partial charge in [0.25, 0.3) is 0 Å². The number of aliphatic hydroxyl groups excluding tert-OH is 1. The third-order valence-electron chi connectivity index (χ3n) is 10.9. The van der Waals surface area contributed by atoms with Crippen molar-refractivity contribution in [2.75, 3.05) is 26.4 Å². The molecular weight excluding hydrogens is 928 g/mol. The molecule has 0 amide bonds. The molecule has 0 aliphatic carbocycles. The standard InChI is InChI=1S/C60H97O11P/c1-4-7-10-13-16-19-22-25-26-27-28-29-30-33-34-37-40-43-46-49-58(62)67-53-57(71-60(64)51-48-45-42-39-36-32-24-21-18-15-12-9-6-3)55-69-72(65,66)68-54-56(52-61)70-59(63)50-47-44-41-38-35-31-23-20-17-14-11-8-5-2/h8-9,11-12,16-21,25-26,31-32,35-36,41-42,44-45,56-57,61H,4-7,10,13-15,22-24,27-30,33-34,37-40,43,46-55H2,1-3H3,(H,65,66)/b11-8-,12-9-,19-16-,20-17-,21-18-,26-25-,35-31-,36-32-,44-41-,45-42-. The summed E-state index contributed by atoms with van der Waals surface area (Å²) in [6.07, 6.45) is 64.9. The van der Waals surface area contributed by atoms with Crippen LogP contribution in [0.15, 0.2) is 122 Å². The number of allylic oxidation sites excluding steroid dienone is 20. The van der Waals surface area contributed by atoms with Crippen molar-refractivity contribution >= 4 is 25.7 Å². The number of phosphoric acid groups is 1. The summed E-state index contributed by atoms with van der Waals surface area (Å²) in [5.41, 5.74) is 0. The number of hydrogen-bond acceptors (Lipinski definition) is 10.